The lowest BCUT2D eigenvalue weighted by Crippen LogP contribution is -2.26. The van der Waals surface area contributed by atoms with Gasteiger partial charge in [0.1, 0.15) is 5.75 Å². The molecule has 0 heterocycles. The first-order valence-corrected chi connectivity index (χ1v) is 6.34. The normalized spacial score (nSPS) is 10.3. The van der Waals surface area contributed by atoms with Gasteiger partial charge in [-0.1, -0.05) is 19.1 Å². The van der Waals surface area contributed by atoms with Gasteiger partial charge in [0.15, 0.2) is 0 Å². The Hall–Kier alpha value is -1.55. The molecule has 0 saturated carbocycles. The van der Waals surface area contributed by atoms with E-state index in [4.69, 9.17) is 4.74 Å². The number of carbonyl (C=O) groups is 1. The van der Waals surface area contributed by atoms with Gasteiger partial charge in [0.05, 0.1) is 6.42 Å². The maximum Gasteiger partial charge on any atom is 0.224 e. The second-order valence-electron chi connectivity index (χ2n) is 4.16. The van der Waals surface area contributed by atoms with Crippen molar-refractivity contribution in [1.29, 1.82) is 0 Å². The zero-order valence-electron chi connectivity index (χ0n) is 10.8. The molecule has 0 atom stereocenters. The Morgan fingerprint density at radius 3 is 2.94 bits per heavy atom. The molecule has 0 aliphatic carbocycles. The Bertz CT molecular complexity index is 366. The predicted molar refractivity (Wildman–Crippen MR) is 70.5 cm³/mol. The van der Waals surface area contributed by atoms with Gasteiger partial charge in [0.2, 0.25) is 5.91 Å². The molecule has 18 heavy (non-hydrogen) atoms. The highest BCUT2D eigenvalue weighted by molar-refractivity contribution is 5.78. The van der Waals surface area contributed by atoms with E-state index in [-0.39, 0.29) is 11.7 Å². The zero-order chi connectivity index (χ0) is 13.2. The molecule has 2 N–H and O–H groups in total. The van der Waals surface area contributed by atoms with Gasteiger partial charge in [-0.15, -0.1) is 0 Å². The number of aromatic hydroxyl groups is 1. The van der Waals surface area contributed by atoms with Crippen molar-refractivity contribution in [3.8, 4) is 5.75 Å². The van der Waals surface area contributed by atoms with E-state index in [1.807, 2.05) is 6.07 Å². The molecule has 0 bridgehead atoms. The minimum absolute atomic E-state index is 0.0314. The second kappa shape index (κ2) is 8.53. The molecule has 4 heteroatoms. The molecular weight excluding hydrogens is 230 g/mol. The smallest absolute Gasteiger partial charge is 0.224 e. The Labute approximate surface area is 108 Å². The number of hydrogen-bond donors (Lipinski definition) is 2. The largest absolute Gasteiger partial charge is 0.508 e. The van der Waals surface area contributed by atoms with E-state index in [0.29, 0.717) is 19.6 Å². The summed E-state index contributed by atoms with van der Waals surface area (Å²) in [6.45, 7) is 4.15. The molecule has 0 fully saturated rings. The number of benzene rings is 1. The molecule has 1 amide bonds. The number of ether oxygens (including phenoxy) is 1. The van der Waals surface area contributed by atoms with Crippen LogP contribution in [0.25, 0.3) is 0 Å². The van der Waals surface area contributed by atoms with Crippen molar-refractivity contribution in [1.82, 2.24) is 5.32 Å². The van der Waals surface area contributed by atoms with Crippen molar-refractivity contribution in [2.24, 2.45) is 0 Å². The monoisotopic (exact) mass is 251 g/mol. The first-order chi connectivity index (χ1) is 8.72. The van der Waals surface area contributed by atoms with Crippen molar-refractivity contribution in [2.75, 3.05) is 19.8 Å². The van der Waals surface area contributed by atoms with E-state index in [2.05, 4.69) is 12.2 Å². The summed E-state index contributed by atoms with van der Waals surface area (Å²) in [5.41, 5.74) is 0.815. The van der Waals surface area contributed by atoms with E-state index in [0.717, 1.165) is 25.0 Å². The van der Waals surface area contributed by atoms with Crippen molar-refractivity contribution in [3.05, 3.63) is 29.8 Å². The Kier molecular flexibility index (Phi) is 6.87. The number of phenols is 1. The van der Waals surface area contributed by atoms with Gasteiger partial charge >= 0.3 is 0 Å². The van der Waals surface area contributed by atoms with E-state index >= 15 is 0 Å². The molecule has 4 nitrogen and oxygen atoms in total. The average Bonchev–Trinajstić information content (AvgIpc) is 2.33. The molecule has 0 radical (unpaired) electrons. The number of hydrogen-bond acceptors (Lipinski definition) is 3. The molecule has 0 spiro atoms. The van der Waals surface area contributed by atoms with Gasteiger partial charge in [-0.25, -0.2) is 0 Å². The van der Waals surface area contributed by atoms with Crippen molar-refractivity contribution in [2.45, 2.75) is 26.2 Å². The Balaban J connectivity index is 2.14. The molecule has 0 unspecified atom stereocenters. The van der Waals surface area contributed by atoms with E-state index in [9.17, 15) is 9.90 Å². The van der Waals surface area contributed by atoms with Crippen molar-refractivity contribution >= 4 is 5.91 Å². The van der Waals surface area contributed by atoms with Crippen LogP contribution in [0.5, 0.6) is 5.75 Å². The fourth-order valence-electron chi connectivity index (χ4n) is 1.56. The first kappa shape index (κ1) is 14.5. The molecule has 100 valence electrons. The number of amides is 1. The molecule has 1 aromatic carbocycles. The maximum absolute atomic E-state index is 11.6. The van der Waals surface area contributed by atoms with Crippen LogP contribution in [-0.4, -0.2) is 30.8 Å². The molecule has 0 aliphatic rings. The molecule has 1 rings (SSSR count). The number of rotatable bonds is 8. The summed E-state index contributed by atoms with van der Waals surface area (Å²) in [5.74, 6) is 0.157. The van der Waals surface area contributed by atoms with Gasteiger partial charge in [0, 0.05) is 19.8 Å². The highest BCUT2D eigenvalue weighted by Gasteiger charge is 2.03. The highest BCUT2D eigenvalue weighted by Crippen LogP contribution is 2.11. The molecule has 0 aliphatic heterocycles. The predicted octanol–water partition coefficient (Wildman–Crippen LogP) is 1.87. The standard InChI is InChI=1S/C14H21NO3/c1-2-8-18-9-4-7-15-14(17)11-12-5-3-6-13(16)10-12/h3,5-6,10,16H,2,4,7-9,11H2,1H3,(H,15,17). The van der Waals surface area contributed by atoms with Crippen LogP contribution in [0, 0.1) is 0 Å². The summed E-state index contributed by atoms with van der Waals surface area (Å²) < 4.78 is 5.31. The fourth-order valence-corrected chi connectivity index (χ4v) is 1.56. The zero-order valence-corrected chi connectivity index (χ0v) is 10.8. The summed E-state index contributed by atoms with van der Waals surface area (Å²) in [5, 5.41) is 12.1. The van der Waals surface area contributed by atoms with Crippen LogP contribution in [0.4, 0.5) is 0 Å². The fraction of sp³-hybridized carbons (Fsp3) is 0.500. The number of carbonyl (C=O) groups excluding carboxylic acids is 1. The van der Waals surface area contributed by atoms with Crippen molar-refractivity contribution < 1.29 is 14.6 Å². The Morgan fingerprint density at radius 2 is 2.22 bits per heavy atom. The molecule has 1 aromatic rings. The van der Waals surface area contributed by atoms with Gasteiger partial charge in [-0.05, 0) is 30.5 Å². The SMILES string of the molecule is CCCOCCCNC(=O)Cc1cccc(O)c1. The molecule has 0 saturated heterocycles. The highest BCUT2D eigenvalue weighted by atomic mass is 16.5. The minimum Gasteiger partial charge on any atom is -0.508 e. The lowest BCUT2D eigenvalue weighted by molar-refractivity contribution is -0.120. The van der Waals surface area contributed by atoms with Gasteiger partial charge < -0.3 is 15.2 Å². The second-order valence-corrected chi connectivity index (χ2v) is 4.16. The summed E-state index contributed by atoms with van der Waals surface area (Å²) >= 11 is 0. The topological polar surface area (TPSA) is 58.6 Å². The van der Waals surface area contributed by atoms with Crippen LogP contribution < -0.4 is 5.32 Å². The number of nitrogens with one attached hydrogen (secondary N) is 1. The summed E-state index contributed by atoms with van der Waals surface area (Å²) in [4.78, 5) is 11.6. The van der Waals surface area contributed by atoms with E-state index in [1.54, 1.807) is 18.2 Å². The van der Waals surface area contributed by atoms with E-state index in [1.165, 1.54) is 0 Å². The van der Waals surface area contributed by atoms with Crippen molar-refractivity contribution in [3.63, 3.8) is 0 Å². The third kappa shape index (κ3) is 6.25. The van der Waals surface area contributed by atoms with Crippen LogP contribution in [-0.2, 0) is 16.0 Å². The van der Waals surface area contributed by atoms with E-state index < -0.39 is 0 Å². The minimum atomic E-state index is -0.0314. The van der Waals surface area contributed by atoms with Crippen LogP contribution in [0.1, 0.15) is 25.3 Å². The van der Waals surface area contributed by atoms with Gasteiger partial charge in [-0.3, -0.25) is 4.79 Å². The number of phenolic OH excluding ortho intramolecular Hbond substituents is 1. The van der Waals surface area contributed by atoms with Gasteiger partial charge in [0.25, 0.3) is 0 Å². The quantitative estimate of drug-likeness (QED) is 0.693. The first-order valence-electron chi connectivity index (χ1n) is 6.34. The summed E-state index contributed by atoms with van der Waals surface area (Å²) in [6, 6.07) is 6.75. The molecule has 0 aromatic heterocycles. The van der Waals surface area contributed by atoms with Crippen LogP contribution in [0.15, 0.2) is 24.3 Å². The lowest BCUT2D eigenvalue weighted by atomic mass is 10.1. The Morgan fingerprint density at radius 1 is 1.39 bits per heavy atom. The molecular formula is C14H21NO3. The summed E-state index contributed by atoms with van der Waals surface area (Å²) in [6.07, 6.45) is 2.14. The van der Waals surface area contributed by atoms with Crippen LogP contribution in [0.3, 0.4) is 0 Å². The van der Waals surface area contributed by atoms with Gasteiger partial charge in [-0.2, -0.15) is 0 Å². The average molecular weight is 251 g/mol. The van der Waals surface area contributed by atoms with Crippen LogP contribution >= 0.6 is 0 Å². The van der Waals surface area contributed by atoms with Crippen LogP contribution in [0.2, 0.25) is 0 Å². The summed E-state index contributed by atoms with van der Waals surface area (Å²) in [7, 11) is 0. The third-order valence-electron chi connectivity index (χ3n) is 2.41. The lowest BCUT2D eigenvalue weighted by Gasteiger charge is -2.06. The third-order valence-corrected chi connectivity index (χ3v) is 2.41. The maximum atomic E-state index is 11.6.